The van der Waals surface area contributed by atoms with Crippen molar-refractivity contribution < 1.29 is 34.7 Å². The van der Waals surface area contributed by atoms with E-state index < -0.39 is 36.7 Å². The van der Waals surface area contributed by atoms with Gasteiger partial charge in [0.1, 0.15) is 24.0 Å². The van der Waals surface area contributed by atoms with Crippen LogP contribution in [0.25, 0.3) is 5.69 Å². The first-order valence-electron chi connectivity index (χ1n) is 8.63. The number of carbonyl (C=O) groups is 1. The van der Waals surface area contributed by atoms with Gasteiger partial charge in [-0.15, -0.1) is 0 Å². The molecule has 0 aliphatic carbocycles. The highest BCUT2D eigenvalue weighted by atomic mass is 16.7. The van der Waals surface area contributed by atoms with Gasteiger partial charge < -0.3 is 35.6 Å². The van der Waals surface area contributed by atoms with Crippen molar-refractivity contribution >= 4 is 11.7 Å². The van der Waals surface area contributed by atoms with Crippen LogP contribution in [-0.2, 0) is 9.53 Å². The lowest BCUT2D eigenvalue weighted by Gasteiger charge is -2.38. The molecule has 0 spiro atoms. The van der Waals surface area contributed by atoms with E-state index >= 15 is 0 Å². The second-order valence-corrected chi connectivity index (χ2v) is 6.84. The SMILES string of the molecule is Cc1ccc(-n2nc(C)c(N)c2O[C@@H]2O[C@H](C(=O)O)[C@@H](O)[C@H](O)[C@H]2O)cc1C. The van der Waals surface area contributed by atoms with Gasteiger partial charge in [-0.05, 0) is 44.0 Å². The Morgan fingerprint density at radius 2 is 1.82 bits per heavy atom. The van der Waals surface area contributed by atoms with Gasteiger partial charge in [0, 0.05) is 0 Å². The highest BCUT2D eigenvalue weighted by Gasteiger charge is 2.48. The number of hydrogen-bond acceptors (Lipinski definition) is 8. The normalized spacial score (nSPS) is 27.6. The summed E-state index contributed by atoms with van der Waals surface area (Å²) in [5, 5.41) is 43.4. The van der Waals surface area contributed by atoms with Crippen molar-refractivity contribution in [2.24, 2.45) is 0 Å². The Labute approximate surface area is 160 Å². The highest BCUT2D eigenvalue weighted by molar-refractivity contribution is 5.73. The zero-order valence-corrected chi connectivity index (χ0v) is 15.6. The Hall–Kier alpha value is -2.66. The maximum absolute atomic E-state index is 11.3. The van der Waals surface area contributed by atoms with E-state index in [1.54, 1.807) is 13.0 Å². The summed E-state index contributed by atoms with van der Waals surface area (Å²) in [6, 6.07) is 5.57. The number of nitrogens with zero attached hydrogens (tertiary/aromatic N) is 2. The van der Waals surface area contributed by atoms with Crippen molar-refractivity contribution in [1.29, 1.82) is 0 Å². The lowest BCUT2D eigenvalue weighted by Crippen LogP contribution is -2.61. The maximum Gasteiger partial charge on any atom is 0.335 e. The molecule has 2 aromatic rings. The van der Waals surface area contributed by atoms with Crippen LogP contribution in [0, 0.1) is 20.8 Å². The lowest BCUT2D eigenvalue weighted by atomic mass is 9.99. The second kappa shape index (κ2) is 7.40. The Kier molecular flexibility index (Phi) is 5.31. The van der Waals surface area contributed by atoms with E-state index in [2.05, 4.69) is 5.10 Å². The number of nitrogen functional groups attached to an aromatic ring is 1. The van der Waals surface area contributed by atoms with Gasteiger partial charge in [-0.25, -0.2) is 4.79 Å². The third kappa shape index (κ3) is 3.42. The van der Waals surface area contributed by atoms with Crippen molar-refractivity contribution in [3.8, 4) is 11.6 Å². The fraction of sp³-hybridized carbons (Fsp3) is 0.444. The summed E-state index contributed by atoms with van der Waals surface area (Å²) in [5.41, 5.74) is 9.40. The summed E-state index contributed by atoms with van der Waals surface area (Å²) in [6.07, 6.45) is -8.64. The molecule has 0 unspecified atom stereocenters. The number of anilines is 1. The Balaban J connectivity index is 1.98. The first-order chi connectivity index (χ1) is 13.1. The molecule has 2 heterocycles. The van der Waals surface area contributed by atoms with Crippen LogP contribution in [0.4, 0.5) is 5.69 Å². The molecule has 1 aromatic carbocycles. The molecular weight excluding hydrogens is 370 g/mol. The molecule has 10 heteroatoms. The molecule has 0 amide bonds. The summed E-state index contributed by atoms with van der Waals surface area (Å²) in [7, 11) is 0. The number of aliphatic carboxylic acids is 1. The third-order valence-electron chi connectivity index (χ3n) is 4.84. The molecule has 6 N–H and O–H groups in total. The number of hydrogen-bond donors (Lipinski definition) is 5. The maximum atomic E-state index is 11.3. The average Bonchev–Trinajstić information content (AvgIpc) is 2.92. The molecule has 1 saturated heterocycles. The molecule has 1 aliphatic rings. The largest absolute Gasteiger partial charge is 0.479 e. The molecule has 1 fully saturated rings. The highest BCUT2D eigenvalue weighted by Crippen LogP contribution is 2.32. The van der Waals surface area contributed by atoms with E-state index in [1.165, 1.54) is 4.68 Å². The van der Waals surface area contributed by atoms with Crippen LogP contribution in [0.3, 0.4) is 0 Å². The van der Waals surface area contributed by atoms with Gasteiger partial charge >= 0.3 is 5.97 Å². The molecular formula is C18H23N3O7. The van der Waals surface area contributed by atoms with Crippen molar-refractivity contribution in [2.45, 2.75) is 51.5 Å². The number of carboxylic acids is 1. The predicted octanol–water partition coefficient (Wildman–Crippen LogP) is -0.349. The standard InChI is InChI=1S/C18H23N3O7/c1-7-4-5-10(6-8(7)2)21-16(11(19)9(3)20-21)28-18-14(24)12(22)13(23)15(27-18)17(25)26/h4-6,12-15,18,22-24H,19H2,1-3H3,(H,25,26)/t12-,13-,14+,15-,18-/m0/s1. The number of aliphatic hydroxyl groups is 3. The van der Waals surface area contributed by atoms with Crippen molar-refractivity contribution in [3.63, 3.8) is 0 Å². The smallest absolute Gasteiger partial charge is 0.335 e. The molecule has 0 bridgehead atoms. The number of ether oxygens (including phenoxy) is 2. The monoisotopic (exact) mass is 393 g/mol. The predicted molar refractivity (Wildman–Crippen MR) is 97.1 cm³/mol. The molecule has 5 atom stereocenters. The first kappa shape index (κ1) is 20.1. The fourth-order valence-electron chi connectivity index (χ4n) is 2.92. The van der Waals surface area contributed by atoms with E-state index in [9.17, 15) is 20.1 Å². The Bertz CT molecular complexity index is 898. The summed E-state index contributed by atoms with van der Waals surface area (Å²) < 4.78 is 12.2. The topological polar surface area (TPSA) is 160 Å². The lowest BCUT2D eigenvalue weighted by molar-refractivity contribution is -0.271. The molecule has 0 saturated carbocycles. The molecule has 28 heavy (non-hydrogen) atoms. The third-order valence-corrected chi connectivity index (χ3v) is 4.84. The second-order valence-electron chi connectivity index (χ2n) is 6.84. The van der Waals surface area contributed by atoms with E-state index in [-0.39, 0.29) is 11.6 Å². The molecule has 152 valence electrons. The first-order valence-corrected chi connectivity index (χ1v) is 8.63. The summed E-state index contributed by atoms with van der Waals surface area (Å²) in [5.74, 6) is -1.48. The van der Waals surface area contributed by atoms with Gasteiger partial charge in [0.05, 0.1) is 11.4 Å². The Morgan fingerprint density at radius 1 is 1.14 bits per heavy atom. The van der Waals surface area contributed by atoms with Gasteiger partial charge in [-0.3, -0.25) is 0 Å². The minimum atomic E-state index is -1.81. The van der Waals surface area contributed by atoms with Gasteiger partial charge in [-0.1, -0.05) is 6.07 Å². The van der Waals surface area contributed by atoms with Crippen LogP contribution >= 0.6 is 0 Å². The minimum absolute atomic E-state index is 0.0255. The van der Waals surface area contributed by atoms with Crippen LogP contribution in [0.5, 0.6) is 5.88 Å². The number of benzene rings is 1. The van der Waals surface area contributed by atoms with E-state index in [1.807, 2.05) is 26.0 Å². The summed E-state index contributed by atoms with van der Waals surface area (Å²) >= 11 is 0. The fourth-order valence-corrected chi connectivity index (χ4v) is 2.92. The number of carboxylic acid groups (broad SMARTS) is 1. The van der Waals surface area contributed by atoms with Gasteiger partial charge in [0.15, 0.2) is 6.10 Å². The quantitative estimate of drug-likeness (QED) is 0.468. The average molecular weight is 393 g/mol. The van der Waals surface area contributed by atoms with Gasteiger partial charge in [0.25, 0.3) is 0 Å². The Morgan fingerprint density at radius 3 is 2.43 bits per heavy atom. The number of nitrogens with two attached hydrogens (primary N) is 1. The number of aliphatic hydroxyl groups excluding tert-OH is 3. The zero-order valence-electron chi connectivity index (χ0n) is 15.6. The van der Waals surface area contributed by atoms with Crippen molar-refractivity contribution in [2.75, 3.05) is 5.73 Å². The molecule has 1 aliphatic heterocycles. The van der Waals surface area contributed by atoms with Crippen LogP contribution in [0.15, 0.2) is 18.2 Å². The minimum Gasteiger partial charge on any atom is -0.479 e. The van der Waals surface area contributed by atoms with Gasteiger partial charge in [-0.2, -0.15) is 9.78 Å². The molecule has 10 nitrogen and oxygen atoms in total. The number of rotatable bonds is 4. The van der Waals surface area contributed by atoms with E-state index in [4.69, 9.17) is 20.3 Å². The number of aromatic nitrogens is 2. The summed E-state index contributed by atoms with van der Waals surface area (Å²) in [6.45, 7) is 5.56. The van der Waals surface area contributed by atoms with Crippen LogP contribution in [0.1, 0.15) is 16.8 Å². The van der Waals surface area contributed by atoms with Crippen molar-refractivity contribution in [1.82, 2.24) is 9.78 Å². The van der Waals surface area contributed by atoms with E-state index in [0.29, 0.717) is 11.4 Å². The number of aryl methyl sites for hydroxylation is 3. The molecule has 0 radical (unpaired) electrons. The summed E-state index contributed by atoms with van der Waals surface area (Å²) in [4.78, 5) is 11.3. The van der Waals surface area contributed by atoms with E-state index in [0.717, 1.165) is 11.1 Å². The molecule has 1 aromatic heterocycles. The van der Waals surface area contributed by atoms with Crippen LogP contribution in [0.2, 0.25) is 0 Å². The van der Waals surface area contributed by atoms with Crippen LogP contribution < -0.4 is 10.5 Å². The zero-order chi connectivity index (χ0) is 20.7. The van der Waals surface area contributed by atoms with Crippen molar-refractivity contribution in [3.05, 3.63) is 35.0 Å². The van der Waals surface area contributed by atoms with Gasteiger partial charge in [0.2, 0.25) is 12.2 Å². The van der Waals surface area contributed by atoms with Crippen LogP contribution in [-0.4, -0.2) is 66.9 Å². The molecule has 3 rings (SSSR count).